The smallest absolute Gasteiger partial charge is 0.0640 e. The Balaban J connectivity index is 2.18. The van der Waals surface area contributed by atoms with E-state index in [0.29, 0.717) is 0 Å². The van der Waals surface area contributed by atoms with E-state index in [0.717, 1.165) is 11.3 Å². The number of aliphatic imine (C=N–C) groups is 1. The van der Waals surface area contributed by atoms with Crippen molar-refractivity contribution in [2.45, 2.75) is 0 Å². The van der Waals surface area contributed by atoms with Crippen molar-refractivity contribution in [1.82, 2.24) is 4.57 Å². The van der Waals surface area contributed by atoms with Crippen molar-refractivity contribution in [3.05, 3.63) is 51.9 Å². The van der Waals surface area contributed by atoms with Crippen LogP contribution in [0, 0.1) is 3.57 Å². The standard InChI is InChI=1S/C12H11IN2/c1-15-6-5-10(9-15)8-14-12-4-2-3-11(13)7-12/h2-9H,1H3. The molecule has 0 N–H and O–H groups in total. The summed E-state index contributed by atoms with van der Waals surface area (Å²) >= 11 is 2.29. The second-order valence-corrected chi connectivity index (χ2v) is 4.59. The Labute approximate surface area is 103 Å². The van der Waals surface area contributed by atoms with Gasteiger partial charge in [-0.25, -0.2) is 0 Å². The number of aryl methyl sites for hydroxylation is 1. The number of hydrogen-bond donors (Lipinski definition) is 0. The average Bonchev–Trinajstić information content (AvgIpc) is 2.62. The molecule has 0 saturated heterocycles. The number of rotatable bonds is 2. The third-order valence-corrected chi connectivity index (χ3v) is 2.70. The average molecular weight is 310 g/mol. The van der Waals surface area contributed by atoms with E-state index in [1.54, 1.807) is 0 Å². The molecule has 1 aromatic carbocycles. The topological polar surface area (TPSA) is 17.3 Å². The van der Waals surface area contributed by atoms with Crippen LogP contribution in [0.25, 0.3) is 0 Å². The predicted molar refractivity (Wildman–Crippen MR) is 71.8 cm³/mol. The lowest BCUT2D eigenvalue weighted by molar-refractivity contribution is 0.927. The molecule has 2 rings (SSSR count). The highest BCUT2D eigenvalue weighted by Crippen LogP contribution is 2.15. The van der Waals surface area contributed by atoms with Gasteiger partial charge >= 0.3 is 0 Å². The van der Waals surface area contributed by atoms with Crippen molar-refractivity contribution in [2.24, 2.45) is 12.0 Å². The first-order valence-corrected chi connectivity index (χ1v) is 5.73. The minimum absolute atomic E-state index is 0.991. The number of aromatic nitrogens is 1. The van der Waals surface area contributed by atoms with Crippen molar-refractivity contribution in [3.8, 4) is 0 Å². The van der Waals surface area contributed by atoms with Crippen molar-refractivity contribution >= 4 is 34.5 Å². The zero-order valence-corrected chi connectivity index (χ0v) is 10.5. The van der Waals surface area contributed by atoms with E-state index in [9.17, 15) is 0 Å². The van der Waals surface area contributed by atoms with Gasteiger partial charge in [0, 0.05) is 34.8 Å². The summed E-state index contributed by atoms with van der Waals surface area (Å²) in [6, 6.07) is 10.2. The van der Waals surface area contributed by atoms with Gasteiger partial charge in [-0.2, -0.15) is 0 Å². The first kappa shape index (κ1) is 10.4. The molecule has 2 nitrogen and oxygen atoms in total. The van der Waals surface area contributed by atoms with Gasteiger partial charge in [-0.15, -0.1) is 0 Å². The molecule has 0 atom stereocenters. The maximum absolute atomic E-state index is 4.41. The molecule has 15 heavy (non-hydrogen) atoms. The largest absolute Gasteiger partial charge is 0.357 e. The third-order valence-electron chi connectivity index (χ3n) is 2.03. The summed E-state index contributed by atoms with van der Waals surface area (Å²) in [5, 5.41) is 0. The molecule has 1 heterocycles. The Morgan fingerprint density at radius 1 is 1.33 bits per heavy atom. The van der Waals surface area contributed by atoms with E-state index in [4.69, 9.17) is 0 Å². The van der Waals surface area contributed by atoms with Gasteiger partial charge in [-0.3, -0.25) is 4.99 Å². The van der Waals surface area contributed by atoms with Crippen molar-refractivity contribution in [1.29, 1.82) is 0 Å². The van der Waals surface area contributed by atoms with Crippen molar-refractivity contribution in [3.63, 3.8) is 0 Å². The van der Waals surface area contributed by atoms with Crippen LogP contribution < -0.4 is 0 Å². The van der Waals surface area contributed by atoms with E-state index in [1.165, 1.54) is 3.57 Å². The van der Waals surface area contributed by atoms with Crippen LogP contribution >= 0.6 is 22.6 Å². The van der Waals surface area contributed by atoms with Gasteiger partial charge in [0.05, 0.1) is 5.69 Å². The highest BCUT2D eigenvalue weighted by atomic mass is 127. The van der Waals surface area contributed by atoms with E-state index < -0.39 is 0 Å². The molecule has 3 heteroatoms. The fourth-order valence-electron chi connectivity index (χ4n) is 1.31. The minimum Gasteiger partial charge on any atom is -0.357 e. The summed E-state index contributed by atoms with van der Waals surface area (Å²) in [5.41, 5.74) is 2.11. The first-order chi connectivity index (χ1) is 7.24. The van der Waals surface area contributed by atoms with Gasteiger partial charge in [0.15, 0.2) is 0 Å². The SMILES string of the molecule is Cn1ccc(C=Nc2cccc(I)c2)c1. The van der Waals surface area contributed by atoms with E-state index in [2.05, 4.69) is 39.7 Å². The molecule has 0 aliphatic carbocycles. The first-order valence-electron chi connectivity index (χ1n) is 4.66. The summed E-state index contributed by atoms with van der Waals surface area (Å²) in [5.74, 6) is 0. The van der Waals surface area contributed by atoms with Gasteiger partial charge in [0.2, 0.25) is 0 Å². The molecule has 0 fully saturated rings. The van der Waals surface area contributed by atoms with Crippen LogP contribution in [0.2, 0.25) is 0 Å². The quantitative estimate of drug-likeness (QED) is 0.598. The lowest BCUT2D eigenvalue weighted by Gasteiger charge is -1.93. The molecule has 76 valence electrons. The molecule has 0 unspecified atom stereocenters. The summed E-state index contributed by atoms with van der Waals surface area (Å²) in [6.07, 6.45) is 5.93. The minimum atomic E-state index is 0.991. The molecule has 0 aliphatic rings. The molecular formula is C12H11IN2. The second-order valence-electron chi connectivity index (χ2n) is 3.35. The lowest BCUT2D eigenvalue weighted by Crippen LogP contribution is -1.80. The van der Waals surface area contributed by atoms with Crippen LogP contribution in [0.15, 0.2) is 47.7 Å². The van der Waals surface area contributed by atoms with Gasteiger partial charge in [0.1, 0.15) is 0 Å². The molecule has 1 aromatic heterocycles. The molecule has 0 spiro atoms. The maximum atomic E-state index is 4.41. The number of nitrogens with zero attached hydrogens (tertiary/aromatic N) is 2. The van der Waals surface area contributed by atoms with Crippen molar-refractivity contribution in [2.75, 3.05) is 0 Å². The molecule has 0 radical (unpaired) electrons. The van der Waals surface area contributed by atoms with Crippen LogP contribution in [-0.2, 0) is 7.05 Å². The van der Waals surface area contributed by atoms with Gasteiger partial charge in [-0.1, -0.05) is 6.07 Å². The molecule has 0 bridgehead atoms. The van der Waals surface area contributed by atoms with Gasteiger partial charge in [-0.05, 0) is 46.9 Å². The molecule has 0 amide bonds. The monoisotopic (exact) mass is 310 g/mol. The second kappa shape index (κ2) is 4.61. The lowest BCUT2D eigenvalue weighted by atomic mass is 10.3. The van der Waals surface area contributed by atoms with Crippen LogP contribution in [0.3, 0.4) is 0 Å². The van der Waals surface area contributed by atoms with Gasteiger partial charge < -0.3 is 4.57 Å². The van der Waals surface area contributed by atoms with Crippen molar-refractivity contribution < 1.29 is 0 Å². The normalized spacial score (nSPS) is 11.1. The van der Waals surface area contributed by atoms with Crippen LogP contribution in [0.5, 0.6) is 0 Å². The Morgan fingerprint density at radius 3 is 2.87 bits per heavy atom. The fourth-order valence-corrected chi connectivity index (χ4v) is 1.83. The Morgan fingerprint density at radius 2 is 2.20 bits per heavy atom. The van der Waals surface area contributed by atoms with E-state index in [-0.39, 0.29) is 0 Å². The number of benzene rings is 1. The Bertz CT molecular complexity index is 486. The summed E-state index contributed by atoms with van der Waals surface area (Å²) in [4.78, 5) is 4.41. The molecule has 2 aromatic rings. The third kappa shape index (κ3) is 2.92. The highest BCUT2D eigenvalue weighted by Gasteiger charge is 1.91. The Kier molecular flexibility index (Phi) is 3.20. The molecule has 0 saturated carbocycles. The number of halogens is 1. The van der Waals surface area contributed by atoms with Gasteiger partial charge in [0.25, 0.3) is 0 Å². The summed E-state index contributed by atoms with van der Waals surface area (Å²) < 4.78 is 3.21. The van der Waals surface area contributed by atoms with E-state index in [1.807, 2.05) is 48.4 Å². The molecular weight excluding hydrogens is 299 g/mol. The highest BCUT2D eigenvalue weighted by molar-refractivity contribution is 14.1. The zero-order chi connectivity index (χ0) is 10.7. The molecule has 0 aliphatic heterocycles. The summed E-state index contributed by atoms with van der Waals surface area (Å²) in [6.45, 7) is 0. The fraction of sp³-hybridized carbons (Fsp3) is 0.0833. The maximum Gasteiger partial charge on any atom is 0.0640 e. The zero-order valence-electron chi connectivity index (χ0n) is 8.39. The van der Waals surface area contributed by atoms with Crippen LogP contribution in [0.1, 0.15) is 5.56 Å². The van der Waals surface area contributed by atoms with Crippen LogP contribution in [0.4, 0.5) is 5.69 Å². The van der Waals surface area contributed by atoms with Crippen LogP contribution in [-0.4, -0.2) is 10.8 Å². The van der Waals surface area contributed by atoms with E-state index >= 15 is 0 Å². The number of hydrogen-bond acceptors (Lipinski definition) is 1. The predicted octanol–water partition coefficient (Wildman–Crippen LogP) is 3.38. The summed E-state index contributed by atoms with van der Waals surface area (Å²) in [7, 11) is 2.00. The Hall–Kier alpha value is -1.10.